The quantitative estimate of drug-likeness (QED) is 0.150. The molecule has 0 radical (unpaired) electrons. The Bertz CT molecular complexity index is 1170. The highest BCUT2D eigenvalue weighted by Crippen LogP contribution is 2.36. The van der Waals surface area contributed by atoms with E-state index >= 15 is 0 Å². The minimum Gasteiger partial charge on any atom is -0.496 e. The van der Waals surface area contributed by atoms with Gasteiger partial charge in [0, 0.05) is 23.4 Å². The number of fused-ring (bicyclic) bond motifs is 1. The molecule has 0 saturated heterocycles. The molecule has 5 heteroatoms. The van der Waals surface area contributed by atoms with Gasteiger partial charge in [0.05, 0.1) is 18.8 Å². The molecule has 0 spiro atoms. The molecule has 0 aliphatic heterocycles. The molecule has 0 fully saturated rings. The minimum absolute atomic E-state index is 0.171. The van der Waals surface area contributed by atoms with Crippen LogP contribution in [0.25, 0.3) is 22.3 Å². The lowest BCUT2D eigenvalue weighted by Gasteiger charge is -2.28. The van der Waals surface area contributed by atoms with Crippen LogP contribution in [0.4, 0.5) is 0 Å². The van der Waals surface area contributed by atoms with E-state index in [9.17, 15) is 4.79 Å². The van der Waals surface area contributed by atoms with E-state index < -0.39 is 11.6 Å². The Kier molecular flexibility index (Phi) is 8.66. The maximum absolute atomic E-state index is 11.9. The number of hydrogen-bond acceptors (Lipinski definition) is 5. The predicted octanol–water partition coefficient (Wildman–Crippen LogP) is 7.90. The van der Waals surface area contributed by atoms with Gasteiger partial charge in [0.15, 0.2) is 0 Å². The van der Waals surface area contributed by atoms with Crippen molar-refractivity contribution in [2.45, 2.75) is 78.4 Å². The van der Waals surface area contributed by atoms with Crippen LogP contribution in [0, 0.1) is 0 Å². The van der Waals surface area contributed by atoms with Gasteiger partial charge in [-0.15, -0.1) is 0 Å². The van der Waals surface area contributed by atoms with Gasteiger partial charge in [-0.25, -0.2) is 4.79 Å². The number of aryl methyl sites for hydroxylation is 1. The monoisotopic (exact) mass is 478 g/mol. The second kappa shape index (κ2) is 11.5. The fourth-order valence-corrected chi connectivity index (χ4v) is 4.24. The molecule has 188 valence electrons. The number of unbranched alkanes of at least 4 members (excludes halogenated alkanes) is 2. The molecule has 0 bridgehead atoms. The van der Waals surface area contributed by atoms with Crippen LogP contribution in [0.15, 0.2) is 59.0 Å². The summed E-state index contributed by atoms with van der Waals surface area (Å²) >= 11 is 0. The van der Waals surface area contributed by atoms with Gasteiger partial charge in [-0.2, -0.15) is 0 Å². The summed E-state index contributed by atoms with van der Waals surface area (Å²) in [5, 5.41) is 0.991. The highest BCUT2D eigenvalue weighted by molar-refractivity contribution is 5.87. The van der Waals surface area contributed by atoms with Crippen LogP contribution in [0.3, 0.4) is 0 Å². The lowest BCUT2D eigenvalue weighted by molar-refractivity contribution is -0.153. The van der Waals surface area contributed by atoms with Gasteiger partial charge in [0.1, 0.15) is 28.4 Å². The number of esters is 1. The van der Waals surface area contributed by atoms with E-state index in [0.717, 1.165) is 34.5 Å². The number of methoxy groups -OCH3 is 1. The molecule has 3 aromatic rings. The molecular formula is C30H38O5. The average Bonchev–Trinajstić information content (AvgIpc) is 3.21. The van der Waals surface area contributed by atoms with Gasteiger partial charge < -0.3 is 18.6 Å². The van der Waals surface area contributed by atoms with Crippen LogP contribution in [-0.4, -0.2) is 24.8 Å². The van der Waals surface area contributed by atoms with Crippen molar-refractivity contribution in [2.75, 3.05) is 7.11 Å². The van der Waals surface area contributed by atoms with Gasteiger partial charge >= 0.3 is 5.97 Å². The van der Waals surface area contributed by atoms with Gasteiger partial charge in [-0.05, 0) is 76.4 Å². The van der Waals surface area contributed by atoms with E-state index in [1.165, 1.54) is 24.8 Å². The summed E-state index contributed by atoms with van der Waals surface area (Å²) in [5.74, 6) is 1.88. The van der Waals surface area contributed by atoms with Crippen molar-refractivity contribution in [3.05, 3.63) is 60.2 Å². The van der Waals surface area contributed by atoms with Crippen LogP contribution < -0.4 is 9.47 Å². The number of rotatable bonds is 12. The predicted molar refractivity (Wildman–Crippen MR) is 141 cm³/mol. The number of carbonyl (C=O) groups excluding carboxylic acids is 1. The molecule has 1 unspecified atom stereocenters. The molecule has 2 aromatic carbocycles. The second-order valence-corrected chi connectivity index (χ2v) is 9.86. The molecule has 1 atom stereocenters. The van der Waals surface area contributed by atoms with E-state index in [4.69, 9.17) is 18.6 Å². The third-order valence-corrected chi connectivity index (χ3v) is 5.93. The van der Waals surface area contributed by atoms with Crippen LogP contribution in [0.5, 0.6) is 11.5 Å². The molecule has 0 aliphatic rings. The molecule has 1 heterocycles. The molecule has 5 nitrogen and oxygen atoms in total. The normalized spacial score (nSPS) is 12.4. The highest BCUT2D eigenvalue weighted by Gasteiger charge is 2.27. The molecule has 1 aromatic heterocycles. The SMILES string of the molecule is C=C(C)C(=O)OC(C)(C)CC(C)Oc1ccc2cc(-c3ccc(CCCCC)cc3OC)oc2c1. The zero-order valence-corrected chi connectivity index (χ0v) is 21.9. The van der Waals surface area contributed by atoms with Gasteiger partial charge in [-0.1, -0.05) is 32.4 Å². The van der Waals surface area contributed by atoms with Crippen molar-refractivity contribution >= 4 is 16.9 Å². The fraction of sp³-hybridized carbons (Fsp3) is 0.433. The molecule has 0 saturated carbocycles. The molecule has 0 amide bonds. The fourth-order valence-electron chi connectivity index (χ4n) is 4.24. The maximum Gasteiger partial charge on any atom is 0.333 e. The average molecular weight is 479 g/mol. The van der Waals surface area contributed by atoms with Crippen LogP contribution in [-0.2, 0) is 16.0 Å². The molecule has 3 rings (SSSR count). The van der Waals surface area contributed by atoms with Crippen LogP contribution in [0.2, 0.25) is 0 Å². The summed E-state index contributed by atoms with van der Waals surface area (Å²) in [6.07, 6.45) is 5.03. The van der Waals surface area contributed by atoms with E-state index in [1.807, 2.05) is 45.0 Å². The first-order chi connectivity index (χ1) is 16.6. The summed E-state index contributed by atoms with van der Waals surface area (Å²) in [6, 6.07) is 14.2. The van der Waals surface area contributed by atoms with Gasteiger partial charge in [-0.3, -0.25) is 0 Å². The third-order valence-electron chi connectivity index (χ3n) is 5.93. The Labute approximate surface area is 209 Å². The lowest BCUT2D eigenvalue weighted by Crippen LogP contribution is -2.33. The van der Waals surface area contributed by atoms with E-state index in [1.54, 1.807) is 14.0 Å². The van der Waals surface area contributed by atoms with E-state index in [0.29, 0.717) is 17.7 Å². The maximum atomic E-state index is 11.9. The summed E-state index contributed by atoms with van der Waals surface area (Å²) in [7, 11) is 1.69. The molecule has 35 heavy (non-hydrogen) atoms. The molecule has 0 N–H and O–H groups in total. The zero-order chi connectivity index (χ0) is 25.6. The van der Waals surface area contributed by atoms with Crippen LogP contribution >= 0.6 is 0 Å². The summed E-state index contributed by atoms with van der Waals surface area (Å²) in [4.78, 5) is 11.9. The van der Waals surface area contributed by atoms with Crippen molar-refractivity contribution in [3.63, 3.8) is 0 Å². The summed E-state index contributed by atoms with van der Waals surface area (Å²) in [5.41, 5.74) is 2.66. The minimum atomic E-state index is -0.670. The number of hydrogen-bond donors (Lipinski definition) is 0. The molecular weight excluding hydrogens is 440 g/mol. The second-order valence-electron chi connectivity index (χ2n) is 9.86. The standard InChI is InChI=1S/C30H38O5/c1-8-9-10-11-22-12-15-25(27(16-22)32-7)28-17-23-13-14-24(18-26(23)34-28)33-21(4)19-30(5,6)35-29(31)20(2)3/h12-18,21H,2,8-11,19H2,1,3-7H3. The van der Waals surface area contributed by atoms with Crippen LogP contribution in [0.1, 0.15) is 65.9 Å². The number of carbonyl (C=O) groups is 1. The lowest BCUT2D eigenvalue weighted by atomic mass is 10.0. The number of furan rings is 1. The first kappa shape index (κ1) is 26.4. The van der Waals surface area contributed by atoms with Crippen molar-refractivity contribution in [3.8, 4) is 22.8 Å². The first-order valence-electron chi connectivity index (χ1n) is 12.4. The first-order valence-corrected chi connectivity index (χ1v) is 12.4. The Hall–Kier alpha value is -3.21. The third kappa shape index (κ3) is 7.14. The largest absolute Gasteiger partial charge is 0.496 e. The van der Waals surface area contributed by atoms with Crippen molar-refractivity contribution < 1.29 is 23.4 Å². The highest BCUT2D eigenvalue weighted by atomic mass is 16.6. The van der Waals surface area contributed by atoms with Crippen molar-refractivity contribution in [2.24, 2.45) is 0 Å². The smallest absolute Gasteiger partial charge is 0.333 e. The Morgan fingerprint density at radius 3 is 2.57 bits per heavy atom. The number of benzene rings is 2. The Morgan fingerprint density at radius 2 is 1.89 bits per heavy atom. The Balaban J connectivity index is 1.74. The van der Waals surface area contributed by atoms with E-state index in [2.05, 4.69) is 31.7 Å². The van der Waals surface area contributed by atoms with Gasteiger partial charge in [0.25, 0.3) is 0 Å². The van der Waals surface area contributed by atoms with Crippen molar-refractivity contribution in [1.29, 1.82) is 0 Å². The topological polar surface area (TPSA) is 57.9 Å². The molecule has 0 aliphatic carbocycles. The zero-order valence-electron chi connectivity index (χ0n) is 21.9. The Morgan fingerprint density at radius 1 is 1.11 bits per heavy atom. The van der Waals surface area contributed by atoms with Gasteiger partial charge in [0.2, 0.25) is 0 Å². The summed E-state index contributed by atoms with van der Waals surface area (Å²) < 4.78 is 23.5. The van der Waals surface area contributed by atoms with Crippen molar-refractivity contribution in [1.82, 2.24) is 0 Å². The summed E-state index contributed by atoms with van der Waals surface area (Å²) in [6.45, 7) is 13.2. The number of ether oxygens (including phenoxy) is 3. The van der Waals surface area contributed by atoms with E-state index in [-0.39, 0.29) is 6.10 Å².